The lowest BCUT2D eigenvalue weighted by atomic mass is 10.0. The van der Waals surface area contributed by atoms with Crippen molar-refractivity contribution in [2.24, 2.45) is 0 Å². The Morgan fingerprint density at radius 2 is 1.97 bits per heavy atom. The number of carbonyl (C=O) groups excluding carboxylic acids is 2. The summed E-state index contributed by atoms with van der Waals surface area (Å²) in [5.41, 5.74) is 9.69. The van der Waals surface area contributed by atoms with Crippen LogP contribution < -0.4 is 5.73 Å². The van der Waals surface area contributed by atoms with Crippen LogP contribution in [0.15, 0.2) is 66.6 Å². The van der Waals surface area contributed by atoms with Crippen LogP contribution in [0.4, 0.5) is 5.69 Å². The Balaban J connectivity index is 1.43. The molecular formula is C25H25N3O2S. The number of likely N-dealkylation sites (tertiary alicyclic amines) is 1. The van der Waals surface area contributed by atoms with Crippen LogP contribution in [0, 0.1) is 0 Å². The number of thiazole rings is 1. The van der Waals surface area contributed by atoms with Gasteiger partial charge >= 0.3 is 0 Å². The lowest BCUT2D eigenvalue weighted by molar-refractivity contribution is -0.135. The van der Waals surface area contributed by atoms with Crippen molar-refractivity contribution in [1.82, 2.24) is 9.88 Å². The van der Waals surface area contributed by atoms with E-state index in [2.05, 4.69) is 11.6 Å². The second-order valence-electron chi connectivity index (χ2n) is 7.74. The van der Waals surface area contributed by atoms with Crippen molar-refractivity contribution in [3.8, 4) is 11.3 Å². The minimum atomic E-state index is -0.449. The SMILES string of the molecule is C=C(C(=O)C1CCCN1C(=O)CCc1ccccc1)c1nc(-c2cccc(N)c2)cs1. The van der Waals surface area contributed by atoms with Crippen LogP contribution in [-0.4, -0.2) is 34.2 Å². The predicted octanol–water partition coefficient (Wildman–Crippen LogP) is 4.60. The highest BCUT2D eigenvalue weighted by Gasteiger charge is 2.35. The summed E-state index contributed by atoms with van der Waals surface area (Å²) in [7, 11) is 0. The second-order valence-corrected chi connectivity index (χ2v) is 8.60. The normalized spacial score (nSPS) is 15.7. The summed E-state index contributed by atoms with van der Waals surface area (Å²) in [6.45, 7) is 4.63. The Bertz CT molecular complexity index is 1110. The monoisotopic (exact) mass is 431 g/mol. The van der Waals surface area contributed by atoms with E-state index in [0.717, 1.165) is 23.2 Å². The smallest absolute Gasteiger partial charge is 0.223 e. The van der Waals surface area contributed by atoms with Gasteiger partial charge in [0.25, 0.3) is 0 Å². The fourth-order valence-corrected chi connectivity index (χ4v) is 4.73. The summed E-state index contributed by atoms with van der Waals surface area (Å²) in [5, 5.41) is 2.49. The van der Waals surface area contributed by atoms with Crippen molar-refractivity contribution in [2.45, 2.75) is 31.7 Å². The molecule has 1 atom stereocenters. The Labute approximate surface area is 186 Å². The van der Waals surface area contributed by atoms with Crippen molar-refractivity contribution in [1.29, 1.82) is 0 Å². The number of Topliss-reactive ketones (excluding diaryl/α,β-unsaturated/α-hetero) is 1. The molecule has 4 rings (SSSR count). The number of rotatable bonds is 7. The van der Waals surface area contributed by atoms with Gasteiger partial charge in [-0.25, -0.2) is 4.98 Å². The van der Waals surface area contributed by atoms with Gasteiger partial charge in [0.1, 0.15) is 5.01 Å². The molecule has 5 nitrogen and oxygen atoms in total. The molecule has 6 heteroatoms. The molecule has 158 valence electrons. The number of nitrogen functional groups attached to an aromatic ring is 1. The molecule has 3 aromatic rings. The lowest BCUT2D eigenvalue weighted by Crippen LogP contribution is -2.40. The molecule has 1 unspecified atom stereocenters. The molecule has 2 aromatic carbocycles. The number of nitrogens with two attached hydrogens (primary N) is 1. The average Bonchev–Trinajstić information content (AvgIpc) is 3.47. The first kappa shape index (κ1) is 21.0. The third-order valence-corrected chi connectivity index (χ3v) is 6.49. The predicted molar refractivity (Wildman–Crippen MR) is 126 cm³/mol. The Hall–Kier alpha value is -3.25. The second kappa shape index (κ2) is 9.27. The summed E-state index contributed by atoms with van der Waals surface area (Å²) >= 11 is 1.39. The maximum absolute atomic E-state index is 13.2. The zero-order valence-corrected chi connectivity index (χ0v) is 18.1. The number of nitrogens with zero attached hydrogens (tertiary/aromatic N) is 2. The number of hydrogen-bond donors (Lipinski definition) is 1. The number of amides is 1. The van der Waals surface area contributed by atoms with Gasteiger partial charge in [-0.05, 0) is 37.0 Å². The van der Waals surface area contributed by atoms with Gasteiger partial charge in [0.05, 0.1) is 11.7 Å². The van der Waals surface area contributed by atoms with Crippen molar-refractivity contribution in [3.63, 3.8) is 0 Å². The summed E-state index contributed by atoms with van der Waals surface area (Å²) in [6, 6.07) is 17.0. The molecule has 2 N–H and O–H groups in total. The molecule has 0 saturated carbocycles. The minimum absolute atomic E-state index is 0.0205. The van der Waals surface area contributed by atoms with E-state index in [1.165, 1.54) is 11.3 Å². The first-order valence-electron chi connectivity index (χ1n) is 10.4. The fourth-order valence-electron chi connectivity index (χ4n) is 3.93. The number of carbonyl (C=O) groups is 2. The molecule has 1 aromatic heterocycles. The molecule has 0 bridgehead atoms. The molecule has 1 aliphatic rings. The standard InChI is InChI=1S/C25H25N3O2S/c1-17(25-27-21(16-31-25)19-9-5-10-20(26)15-19)24(30)22-11-6-14-28(22)23(29)13-12-18-7-3-2-4-8-18/h2-5,7-10,15-16,22H,1,6,11-14,26H2. The van der Waals surface area contributed by atoms with Gasteiger partial charge in [-0.2, -0.15) is 0 Å². The summed E-state index contributed by atoms with van der Waals surface area (Å²) in [6.07, 6.45) is 2.57. The van der Waals surface area contributed by atoms with Gasteiger partial charge < -0.3 is 10.6 Å². The van der Waals surface area contributed by atoms with E-state index in [1.807, 2.05) is 60.0 Å². The zero-order valence-electron chi connectivity index (χ0n) is 17.3. The Morgan fingerprint density at radius 3 is 2.74 bits per heavy atom. The third-order valence-electron chi connectivity index (χ3n) is 5.59. The van der Waals surface area contributed by atoms with Gasteiger partial charge in [0.2, 0.25) is 5.91 Å². The van der Waals surface area contributed by atoms with Crippen LogP contribution in [0.5, 0.6) is 0 Å². The van der Waals surface area contributed by atoms with Gasteiger partial charge in [0.15, 0.2) is 5.78 Å². The van der Waals surface area contributed by atoms with Gasteiger partial charge in [-0.15, -0.1) is 11.3 Å². The van der Waals surface area contributed by atoms with E-state index < -0.39 is 6.04 Å². The molecule has 1 fully saturated rings. The van der Waals surface area contributed by atoms with E-state index in [0.29, 0.717) is 42.1 Å². The third kappa shape index (κ3) is 4.75. The van der Waals surface area contributed by atoms with Crippen LogP contribution >= 0.6 is 11.3 Å². The maximum Gasteiger partial charge on any atom is 0.223 e. The summed E-state index contributed by atoms with van der Waals surface area (Å²) < 4.78 is 0. The van der Waals surface area contributed by atoms with Gasteiger partial charge in [-0.3, -0.25) is 9.59 Å². The average molecular weight is 432 g/mol. The van der Waals surface area contributed by atoms with E-state index >= 15 is 0 Å². The lowest BCUT2D eigenvalue weighted by Gasteiger charge is -2.24. The van der Waals surface area contributed by atoms with E-state index in [-0.39, 0.29) is 11.7 Å². The number of ketones is 1. The largest absolute Gasteiger partial charge is 0.399 e. The van der Waals surface area contributed by atoms with E-state index in [1.54, 1.807) is 4.90 Å². The van der Waals surface area contributed by atoms with Crippen LogP contribution in [-0.2, 0) is 16.0 Å². The summed E-state index contributed by atoms with van der Waals surface area (Å²) in [4.78, 5) is 32.3. The number of aromatic nitrogens is 1. The molecule has 31 heavy (non-hydrogen) atoms. The van der Waals surface area contributed by atoms with Crippen LogP contribution in [0.3, 0.4) is 0 Å². The van der Waals surface area contributed by atoms with E-state index in [9.17, 15) is 9.59 Å². The Kier molecular flexibility index (Phi) is 6.28. The first-order chi connectivity index (χ1) is 15.0. The summed E-state index contributed by atoms with van der Waals surface area (Å²) in [5.74, 6) is -0.0915. The zero-order chi connectivity index (χ0) is 21.8. The topological polar surface area (TPSA) is 76.3 Å². The number of hydrogen-bond acceptors (Lipinski definition) is 5. The maximum atomic E-state index is 13.2. The number of anilines is 1. The first-order valence-corrected chi connectivity index (χ1v) is 11.3. The molecule has 1 saturated heterocycles. The van der Waals surface area contributed by atoms with Crippen LogP contribution in [0.1, 0.15) is 29.8 Å². The molecular weight excluding hydrogens is 406 g/mol. The van der Waals surface area contributed by atoms with Crippen molar-refractivity contribution in [3.05, 3.63) is 77.1 Å². The van der Waals surface area contributed by atoms with Crippen LogP contribution in [0.2, 0.25) is 0 Å². The highest BCUT2D eigenvalue weighted by atomic mass is 32.1. The highest BCUT2D eigenvalue weighted by Crippen LogP contribution is 2.30. The minimum Gasteiger partial charge on any atom is -0.399 e. The van der Waals surface area contributed by atoms with Gasteiger partial charge in [0, 0.05) is 35.2 Å². The highest BCUT2D eigenvalue weighted by molar-refractivity contribution is 7.11. The fraction of sp³-hybridized carbons (Fsp3) is 0.240. The quantitative estimate of drug-likeness (QED) is 0.438. The molecule has 1 amide bonds. The van der Waals surface area contributed by atoms with Crippen molar-refractivity contribution >= 4 is 34.3 Å². The number of aryl methyl sites for hydroxylation is 1. The number of benzene rings is 2. The van der Waals surface area contributed by atoms with Gasteiger partial charge in [-0.1, -0.05) is 49.0 Å². The van der Waals surface area contributed by atoms with Crippen LogP contribution in [0.25, 0.3) is 16.8 Å². The van der Waals surface area contributed by atoms with E-state index in [4.69, 9.17) is 5.73 Å². The Morgan fingerprint density at radius 1 is 1.16 bits per heavy atom. The molecule has 2 heterocycles. The molecule has 1 aliphatic heterocycles. The van der Waals surface area contributed by atoms with Crippen molar-refractivity contribution < 1.29 is 9.59 Å². The van der Waals surface area contributed by atoms with Crippen molar-refractivity contribution in [2.75, 3.05) is 12.3 Å². The molecule has 0 spiro atoms. The molecule has 0 radical (unpaired) electrons. The molecule has 0 aliphatic carbocycles.